The molecule has 30 heavy (non-hydrogen) atoms. The lowest BCUT2D eigenvalue weighted by atomic mass is 10.1. The number of carbonyl (C=O) groups excluding carboxylic acids is 2. The number of benzene rings is 2. The molecular weight excluding hydrogens is 380 g/mol. The third-order valence-electron chi connectivity index (χ3n) is 4.28. The number of hydroxylamine groups is 1. The second-order valence-corrected chi connectivity index (χ2v) is 6.44. The number of carbonyl (C=O) groups is 2. The van der Waals surface area contributed by atoms with Crippen molar-refractivity contribution in [2.75, 3.05) is 12.3 Å². The molecule has 0 saturated heterocycles. The van der Waals surface area contributed by atoms with Crippen molar-refractivity contribution in [2.24, 2.45) is 0 Å². The van der Waals surface area contributed by atoms with Crippen molar-refractivity contribution >= 4 is 17.5 Å². The maximum Gasteiger partial charge on any atom is 0.267 e. The maximum atomic E-state index is 12.5. The van der Waals surface area contributed by atoms with E-state index < -0.39 is 17.9 Å². The highest BCUT2D eigenvalue weighted by atomic mass is 16.5. The number of rotatable bonds is 6. The van der Waals surface area contributed by atoms with E-state index in [1.807, 2.05) is 25.1 Å². The molecule has 2 atom stereocenters. The Morgan fingerprint density at radius 1 is 1.07 bits per heavy atom. The highest BCUT2D eigenvalue weighted by molar-refractivity contribution is 5.97. The van der Waals surface area contributed by atoms with Crippen molar-refractivity contribution < 1.29 is 14.8 Å². The third kappa shape index (κ3) is 6.39. The zero-order chi connectivity index (χ0) is 21.9. The molecular formula is C23H24N4O3. The van der Waals surface area contributed by atoms with Crippen molar-refractivity contribution in [3.63, 3.8) is 0 Å². The van der Waals surface area contributed by atoms with Gasteiger partial charge < -0.3 is 16.4 Å². The van der Waals surface area contributed by atoms with Crippen LogP contribution in [0.1, 0.15) is 35.3 Å². The van der Waals surface area contributed by atoms with Gasteiger partial charge in [-0.15, -0.1) is 0 Å². The first-order chi connectivity index (χ1) is 14.5. The third-order valence-corrected chi connectivity index (χ3v) is 4.28. The van der Waals surface area contributed by atoms with Crippen molar-refractivity contribution in [3.8, 4) is 23.7 Å². The molecule has 2 rings (SSSR count). The largest absolute Gasteiger partial charge is 0.398 e. The summed E-state index contributed by atoms with van der Waals surface area (Å²) in [5.41, 5.74) is 9.77. The average Bonchev–Trinajstić information content (AvgIpc) is 2.76. The minimum Gasteiger partial charge on any atom is -0.398 e. The molecule has 2 amide bonds. The standard InChI is InChI=1S/C23H24N4O3/c1-3-25-16(2)21(23(29)27-30)26-22(28)19-14-12-17(13-15-19)8-4-5-9-18-10-6-7-11-20(18)24/h6-7,10-16,21,25,30H,3,24H2,1-2H3,(H,26,28)(H,27,29). The van der Waals surface area contributed by atoms with Crippen LogP contribution in [0.15, 0.2) is 48.5 Å². The fourth-order valence-electron chi connectivity index (χ4n) is 2.67. The monoisotopic (exact) mass is 404 g/mol. The van der Waals surface area contributed by atoms with Crippen molar-refractivity contribution in [3.05, 3.63) is 65.2 Å². The van der Waals surface area contributed by atoms with Crippen LogP contribution in [-0.2, 0) is 4.79 Å². The first-order valence-corrected chi connectivity index (χ1v) is 9.41. The number of nitrogen functional groups attached to an aromatic ring is 1. The smallest absolute Gasteiger partial charge is 0.267 e. The summed E-state index contributed by atoms with van der Waals surface area (Å²) in [5.74, 6) is 10.2. The molecule has 0 radical (unpaired) electrons. The fourth-order valence-corrected chi connectivity index (χ4v) is 2.67. The number of hydrogen-bond acceptors (Lipinski definition) is 5. The Labute approximate surface area is 176 Å². The van der Waals surface area contributed by atoms with Gasteiger partial charge in [-0.2, -0.15) is 0 Å². The van der Waals surface area contributed by atoms with Crippen LogP contribution in [-0.4, -0.2) is 35.7 Å². The summed E-state index contributed by atoms with van der Waals surface area (Å²) >= 11 is 0. The second-order valence-electron chi connectivity index (χ2n) is 6.44. The van der Waals surface area contributed by atoms with Gasteiger partial charge in [0, 0.05) is 28.4 Å². The summed E-state index contributed by atoms with van der Waals surface area (Å²) in [6.45, 7) is 4.23. The first kappa shape index (κ1) is 22.5. The highest BCUT2D eigenvalue weighted by Gasteiger charge is 2.26. The van der Waals surface area contributed by atoms with Gasteiger partial charge >= 0.3 is 0 Å². The summed E-state index contributed by atoms with van der Waals surface area (Å²) in [6, 6.07) is 12.6. The molecule has 2 unspecified atom stereocenters. The zero-order valence-corrected chi connectivity index (χ0v) is 16.8. The van der Waals surface area contributed by atoms with Crippen LogP contribution in [0.4, 0.5) is 5.69 Å². The topological polar surface area (TPSA) is 116 Å². The van der Waals surface area contributed by atoms with E-state index in [0.717, 1.165) is 0 Å². The van der Waals surface area contributed by atoms with E-state index in [9.17, 15) is 9.59 Å². The molecule has 2 aromatic rings. The lowest BCUT2D eigenvalue weighted by molar-refractivity contribution is -0.131. The van der Waals surface area contributed by atoms with Gasteiger partial charge in [0.2, 0.25) is 0 Å². The molecule has 7 nitrogen and oxygen atoms in total. The van der Waals surface area contributed by atoms with Crippen LogP contribution in [0.3, 0.4) is 0 Å². The van der Waals surface area contributed by atoms with Gasteiger partial charge in [-0.05, 0) is 61.7 Å². The van der Waals surface area contributed by atoms with Gasteiger partial charge in [-0.3, -0.25) is 14.8 Å². The molecule has 2 aromatic carbocycles. The van der Waals surface area contributed by atoms with E-state index in [-0.39, 0.29) is 6.04 Å². The Bertz CT molecular complexity index is 1010. The lowest BCUT2D eigenvalue weighted by Crippen LogP contribution is -2.56. The predicted octanol–water partition coefficient (Wildman–Crippen LogP) is 1.27. The van der Waals surface area contributed by atoms with Crippen molar-refractivity contribution in [2.45, 2.75) is 25.9 Å². The van der Waals surface area contributed by atoms with Crippen molar-refractivity contribution in [1.29, 1.82) is 0 Å². The van der Waals surface area contributed by atoms with Gasteiger partial charge in [-0.25, -0.2) is 5.48 Å². The lowest BCUT2D eigenvalue weighted by Gasteiger charge is -2.23. The quantitative estimate of drug-likeness (QED) is 0.215. The number of amides is 2. The van der Waals surface area contributed by atoms with Gasteiger partial charge in [0.1, 0.15) is 6.04 Å². The second kappa shape index (κ2) is 11.3. The molecule has 0 aliphatic rings. The van der Waals surface area contributed by atoms with E-state index in [0.29, 0.717) is 28.9 Å². The van der Waals surface area contributed by atoms with E-state index in [1.165, 1.54) is 0 Å². The van der Waals surface area contributed by atoms with Crippen LogP contribution in [0.2, 0.25) is 0 Å². The number of hydrogen-bond donors (Lipinski definition) is 5. The van der Waals surface area contributed by atoms with E-state index in [2.05, 4.69) is 34.3 Å². The number of anilines is 1. The van der Waals surface area contributed by atoms with Gasteiger partial charge in [0.25, 0.3) is 11.8 Å². The Morgan fingerprint density at radius 2 is 1.73 bits per heavy atom. The first-order valence-electron chi connectivity index (χ1n) is 9.41. The molecule has 0 aromatic heterocycles. The molecule has 0 spiro atoms. The number of para-hydroxylation sites is 1. The number of nitrogens with two attached hydrogens (primary N) is 1. The molecule has 154 valence electrons. The summed E-state index contributed by atoms with van der Waals surface area (Å²) in [4.78, 5) is 24.3. The van der Waals surface area contributed by atoms with Crippen LogP contribution in [0.5, 0.6) is 0 Å². The number of likely N-dealkylation sites (N-methyl/N-ethyl adjacent to an activating group) is 1. The summed E-state index contributed by atoms with van der Waals surface area (Å²) in [5, 5.41) is 14.6. The minimum absolute atomic E-state index is 0.364. The molecule has 0 heterocycles. The van der Waals surface area contributed by atoms with Crippen molar-refractivity contribution in [1.82, 2.24) is 16.1 Å². The molecule has 0 fully saturated rings. The molecule has 0 aliphatic carbocycles. The minimum atomic E-state index is -0.928. The maximum absolute atomic E-state index is 12.5. The fraction of sp³-hybridized carbons (Fsp3) is 0.217. The Morgan fingerprint density at radius 3 is 2.37 bits per heavy atom. The normalized spacial score (nSPS) is 11.7. The van der Waals surface area contributed by atoms with Gasteiger partial charge in [-0.1, -0.05) is 30.9 Å². The van der Waals surface area contributed by atoms with E-state index in [4.69, 9.17) is 10.9 Å². The Kier molecular flexibility index (Phi) is 8.46. The molecule has 7 heteroatoms. The Balaban J connectivity index is 2.06. The molecule has 0 saturated carbocycles. The van der Waals surface area contributed by atoms with Crippen LogP contribution < -0.4 is 21.8 Å². The molecule has 0 bridgehead atoms. The zero-order valence-electron chi connectivity index (χ0n) is 16.8. The van der Waals surface area contributed by atoms with Crippen LogP contribution in [0.25, 0.3) is 0 Å². The Hall–Kier alpha value is -3.78. The predicted molar refractivity (Wildman–Crippen MR) is 115 cm³/mol. The SMILES string of the molecule is CCNC(C)C(NC(=O)c1ccc(C#CC#Cc2ccccc2N)cc1)C(=O)NO. The van der Waals surface area contributed by atoms with Gasteiger partial charge in [0.05, 0.1) is 0 Å². The van der Waals surface area contributed by atoms with Crippen LogP contribution in [0, 0.1) is 23.7 Å². The molecule has 0 aliphatic heterocycles. The van der Waals surface area contributed by atoms with Gasteiger partial charge in [0.15, 0.2) is 0 Å². The summed E-state index contributed by atoms with van der Waals surface area (Å²) < 4.78 is 0. The van der Waals surface area contributed by atoms with E-state index >= 15 is 0 Å². The highest BCUT2D eigenvalue weighted by Crippen LogP contribution is 2.08. The number of nitrogens with one attached hydrogen (secondary N) is 3. The average molecular weight is 404 g/mol. The summed E-state index contributed by atoms with van der Waals surface area (Å²) in [6.07, 6.45) is 0. The van der Waals surface area contributed by atoms with Crippen LogP contribution >= 0.6 is 0 Å². The molecule has 6 N–H and O–H groups in total. The van der Waals surface area contributed by atoms with E-state index in [1.54, 1.807) is 42.7 Å². The summed E-state index contributed by atoms with van der Waals surface area (Å²) in [7, 11) is 0.